The van der Waals surface area contributed by atoms with Crippen LogP contribution in [0.3, 0.4) is 0 Å². The fourth-order valence-electron chi connectivity index (χ4n) is 3.25. The molecule has 9 nitrogen and oxygen atoms in total. The van der Waals surface area contributed by atoms with Crippen molar-refractivity contribution in [3.63, 3.8) is 0 Å². The van der Waals surface area contributed by atoms with Crippen LogP contribution < -0.4 is 10.6 Å². The Balaban J connectivity index is 1.48. The lowest BCUT2D eigenvalue weighted by atomic mass is 10.1. The van der Waals surface area contributed by atoms with Gasteiger partial charge in [0.05, 0.1) is 23.6 Å². The third-order valence-corrected chi connectivity index (χ3v) is 4.56. The summed E-state index contributed by atoms with van der Waals surface area (Å²) >= 11 is 0. The molecule has 1 saturated heterocycles. The van der Waals surface area contributed by atoms with Gasteiger partial charge >= 0.3 is 6.03 Å². The maximum Gasteiger partial charge on any atom is 0.319 e. The summed E-state index contributed by atoms with van der Waals surface area (Å²) in [5, 5.41) is 10.1. The number of carbonyl (C=O) groups excluding carboxylic acids is 1. The zero-order valence-corrected chi connectivity index (χ0v) is 15.2. The normalized spacial score (nSPS) is 19.2. The van der Waals surface area contributed by atoms with Gasteiger partial charge in [-0.15, -0.1) is 0 Å². The van der Waals surface area contributed by atoms with Crippen LogP contribution >= 0.6 is 0 Å². The summed E-state index contributed by atoms with van der Waals surface area (Å²) in [5.41, 5.74) is 2.13. The number of nitrogens with zero attached hydrogens (tertiary/aromatic N) is 5. The van der Waals surface area contributed by atoms with E-state index in [0.29, 0.717) is 18.0 Å². The van der Waals surface area contributed by atoms with E-state index >= 15 is 0 Å². The second-order valence-corrected chi connectivity index (χ2v) is 6.48. The fourth-order valence-corrected chi connectivity index (χ4v) is 3.25. The lowest BCUT2D eigenvalue weighted by Gasteiger charge is -2.20. The number of imidazole rings is 1. The first-order chi connectivity index (χ1) is 13.1. The minimum absolute atomic E-state index is 0.149. The highest BCUT2D eigenvalue weighted by Crippen LogP contribution is 2.28. The van der Waals surface area contributed by atoms with E-state index in [1.165, 1.54) is 0 Å². The Kier molecular flexibility index (Phi) is 4.59. The van der Waals surface area contributed by atoms with Crippen molar-refractivity contribution in [3.8, 4) is 11.3 Å². The SMILES string of the molecule is Cn1cc(-c2ncccc2NC(=O)N[C@@H]2CCO[C@H]2c2nccn2C)cn1. The van der Waals surface area contributed by atoms with Crippen molar-refractivity contribution in [1.29, 1.82) is 0 Å². The van der Waals surface area contributed by atoms with Gasteiger partial charge in [0.15, 0.2) is 0 Å². The highest BCUT2D eigenvalue weighted by Gasteiger charge is 2.33. The Morgan fingerprint density at radius 3 is 2.93 bits per heavy atom. The summed E-state index contributed by atoms with van der Waals surface area (Å²) in [7, 11) is 3.75. The van der Waals surface area contributed by atoms with Crippen molar-refractivity contribution in [3.05, 3.63) is 48.9 Å². The molecular formula is C18H21N7O2. The molecule has 2 atom stereocenters. The summed E-state index contributed by atoms with van der Waals surface area (Å²) in [6.45, 7) is 0.580. The molecule has 9 heteroatoms. The molecule has 140 valence electrons. The van der Waals surface area contributed by atoms with Crippen molar-refractivity contribution in [2.75, 3.05) is 11.9 Å². The number of nitrogens with one attached hydrogen (secondary N) is 2. The van der Waals surface area contributed by atoms with Gasteiger partial charge in [0, 0.05) is 51.1 Å². The number of urea groups is 1. The first kappa shape index (κ1) is 17.2. The molecule has 0 aliphatic carbocycles. The molecule has 2 N–H and O–H groups in total. The van der Waals surface area contributed by atoms with E-state index in [0.717, 1.165) is 17.8 Å². The molecule has 4 heterocycles. The van der Waals surface area contributed by atoms with Crippen LogP contribution in [-0.4, -0.2) is 43.0 Å². The Hall–Kier alpha value is -3.20. The van der Waals surface area contributed by atoms with Crippen molar-refractivity contribution in [1.82, 2.24) is 29.6 Å². The number of carbonyl (C=O) groups is 1. The number of aryl methyl sites for hydroxylation is 2. The van der Waals surface area contributed by atoms with Gasteiger partial charge in [-0.2, -0.15) is 5.10 Å². The lowest BCUT2D eigenvalue weighted by Crippen LogP contribution is -2.40. The zero-order chi connectivity index (χ0) is 18.8. The monoisotopic (exact) mass is 367 g/mol. The van der Waals surface area contributed by atoms with Crippen LogP contribution in [0.15, 0.2) is 43.1 Å². The molecule has 3 aromatic heterocycles. The second-order valence-electron chi connectivity index (χ2n) is 6.48. The molecule has 0 unspecified atom stereocenters. The maximum atomic E-state index is 12.6. The Morgan fingerprint density at radius 2 is 2.19 bits per heavy atom. The average Bonchev–Trinajstić information content (AvgIpc) is 3.37. The van der Waals surface area contributed by atoms with Crippen LogP contribution in [0.4, 0.5) is 10.5 Å². The predicted molar refractivity (Wildman–Crippen MR) is 98.9 cm³/mol. The van der Waals surface area contributed by atoms with Crippen LogP contribution in [0.25, 0.3) is 11.3 Å². The summed E-state index contributed by atoms with van der Waals surface area (Å²) in [6, 6.07) is 3.15. The number of aromatic nitrogens is 5. The number of amides is 2. The first-order valence-corrected chi connectivity index (χ1v) is 8.72. The minimum atomic E-state index is -0.303. The van der Waals surface area contributed by atoms with Crippen molar-refractivity contribution >= 4 is 11.7 Å². The van der Waals surface area contributed by atoms with E-state index < -0.39 is 0 Å². The molecule has 2 amide bonds. The Labute approximate surface area is 156 Å². The average molecular weight is 367 g/mol. The summed E-state index contributed by atoms with van der Waals surface area (Å²) < 4.78 is 9.39. The molecule has 0 saturated carbocycles. The van der Waals surface area contributed by atoms with Gasteiger partial charge in [0.25, 0.3) is 0 Å². The van der Waals surface area contributed by atoms with E-state index in [9.17, 15) is 4.79 Å². The predicted octanol–water partition coefficient (Wildman–Crippen LogP) is 1.87. The summed E-state index contributed by atoms with van der Waals surface area (Å²) in [6.07, 6.45) is 9.32. The quantitative estimate of drug-likeness (QED) is 0.733. The number of pyridine rings is 1. The van der Waals surface area contributed by atoms with Crippen LogP contribution in [0.1, 0.15) is 18.3 Å². The second kappa shape index (κ2) is 7.20. The number of hydrogen-bond donors (Lipinski definition) is 2. The van der Waals surface area contributed by atoms with Gasteiger partial charge in [-0.3, -0.25) is 9.67 Å². The van der Waals surface area contributed by atoms with Crippen molar-refractivity contribution in [2.24, 2.45) is 14.1 Å². The van der Waals surface area contributed by atoms with Gasteiger partial charge in [-0.25, -0.2) is 9.78 Å². The Bertz CT molecular complexity index is 949. The van der Waals surface area contributed by atoms with Crippen LogP contribution in [0.2, 0.25) is 0 Å². The minimum Gasteiger partial charge on any atom is -0.368 e. The molecule has 1 aliphatic heterocycles. The topological polar surface area (TPSA) is 98.9 Å². The lowest BCUT2D eigenvalue weighted by molar-refractivity contribution is 0.0913. The van der Waals surface area contributed by atoms with E-state index in [1.807, 2.05) is 37.1 Å². The number of rotatable bonds is 4. The van der Waals surface area contributed by atoms with Crippen LogP contribution in [0.5, 0.6) is 0 Å². The highest BCUT2D eigenvalue weighted by molar-refractivity contribution is 5.93. The van der Waals surface area contributed by atoms with Crippen molar-refractivity contribution in [2.45, 2.75) is 18.6 Å². The first-order valence-electron chi connectivity index (χ1n) is 8.72. The molecule has 0 radical (unpaired) electrons. The third kappa shape index (κ3) is 3.54. The summed E-state index contributed by atoms with van der Waals surface area (Å²) in [4.78, 5) is 21.3. The summed E-state index contributed by atoms with van der Waals surface area (Å²) in [5.74, 6) is 0.801. The van der Waals surface area contributed by atoms with Crippen molar-refractivity contribution < 1.29 is 9.53 Å². The van der Waals surface area contributed by atoms with Gasteiger partial charge < -0.3 is 19.9 Å². The molecule has 3 aromatic rings. The number of anilines is 1. The maximum absolute atomic E-state index is 12.6. The number of ether oxygens (including phenoxy) is 1. The van der Waals surface area contributed by atoms with Crippen LogP contribution in [0, 0.1) is 0 Å². The van der Waals surface area contributed by atoms with Crippen LogP contribution in [-0.2, 0) is 18.8 Å². The molecular weight excluding hydrogens is 346 g/mol. The molecule has 1 fully saturated rings. The third-order valence-electron chi connectivity index (χ3n) is 4.56. The molecule has 4 rings (SSSR count). The van der Waals surface area contributed by atoms with Gasteiger partial charge in [0.1, 0.15) is 11.9 Å². The van der Waals surface area contributed by atoms with E-state index in [2.05, 4.69) is 25.7 Å². The fraction of sp³-hybridized carbons (Fsp3) is 0.333. The highest BCUT2D eigenvalue weighted by atomic mass is 16.5. The van der Waals surface area contributed by atoms with Gasteiger partial charge in [0.2, 0.25) is 0 Å². The Morgan fingerprint density at radius 1 is 1.30 bits per heavy atom. The van der Waals surface area contributed by atoms with Gasteiger partial charge in [-0.1, -0.05) is 0 Å². The smallest absolute Gasteiger partial charge is 0.319 e. The molecule has 0 bridgehead atoms. The standard InChI is InChI=1S/C18H21N7O2/c1-24-8-7-20-17(24)16-14(5-9-27-16)23-18(26)22-13-4-3-6-19-15(13)12-10-21-25(2)11-12/h3-4,6-8,10-11,14,16H,5,9H2,1-2H3,(H2,22,23,26)/t14-,16-/m1/s1. The molecule has 0 spiro atoms. The molecule has 0 aromatic carbocycles. The molecule has 1 aliphatic rings. The largest absolute Gasteiger partial charge is 0.368 e. The van der Waals surface area contributed by atoms with E-state index in [1.54, 1.807) is 29.3 Å². The van der Waals surface area contributed by atoms with Gasteiger partial charge in [-0.05, 0) is 18.6 Å². The van der Waals surface area contributed by atoms with E-state index in [-0.39, 0.29) is 18.2 Å². The molecule has 27 heavy (non-hydrogen) atoms. The number of hydrogen-bond acceptors (Lipinski definition) is 5. The zero-order valence-electron chi connectivity index (χ0n) is 15.2. The van der Waals surface area contributed by atoms with E-state index in [4.69, 9.17) is 4.74 Å².